The lowest BCUT2D eigenvalue weighted by molar-refractivity contribution is -0.130. The molecule has 1 aliphatic rings. The van der Waals surface area contributed by atoms with E-state index < -0.39 is 0 Å². The van der Waals surface area contributed by atoms with Crippen LogP contribution in [0.4, 0.5) is 0 Å². The number of carbonyl (C=O) groups is 1. The summed E-state index contributed by atoms with van der Waals surface area (Å²) >= 11 is 7.38. The van der Waals surface area contributed by atoms with Gasteiger partial charge < -0.3 is 13.7 Å². The molecule has 0 aliphatic carbocycles. The number of hydrogen-bond acceptors (Lipinski definition) is 7. The van der Waals surface area contributed by atoms with Crippen molar-refractivity contribution in [1.29, 1.82) is 0 Å². The van der Waals surface area contributed by atoms with E-state index in [1.54, 1.807) is 13.4 Å². The third-order valence-electron chi connectivity index (χ3n) is 5.92. The van der Waals surface area contributed by atoms with Crippen molar-refractivity contribution in [2.45, 2.75) is 31.1 Å². The molecular weight excluding hydrogens is 498 g/mol. The number of halogens is 1. The molecule has 10 heteroatoms. The number of rotatable bonds is 8. The summed E-state index contributed by atoms with van der Waals surface area (Å²) < 4.78 is 13.1. The number of benzene rings is 2. The number of amides is 1. The van der Waals surface area contributed by atoms with Crippen LogP contribution in [0.5, 0.6) is 5.75 Å². The van der Waals surface area contributed by atoms with Crippen LogP contribution in [-0.4, -0.2) is 44.3 Å². The number of furan rings is 1. The fraction of sp³-hybridized carbons (Fsp3) is 0.231. The average Bonchev–Trinajstić information content (AvgIpc) is 3.67. The molecular formula is C26H24ClN5O3S. The zero-order valence-electron chi connectivity index (χ0n) is 19.8. The second-order valence-electron chi connectivity index (χ2n) is 8.07. The van der Waals surface area contributed by atoms with Crippen molar-refractivity contribution in [3.63, 3.8) is 0 Å². The normalized spacial score (nSPS) is 15.2. The summed E-state index contributed by atoms with van der Waals surface area (Å²) in [6.07, 6.45) is 2.16. The maximum atomic E-state index is 13.4. The van der Waals surface area contributed by atoms with E-state index in [0.717, 1.165) is 22.6 Å². The minimum absolute atomic E-state index is 0.144. The quantitative estimate of drug-likeness (QED) is 0.277. The Labute approximate surface area is 217 Å². The third kappa shape index (κ3) is 4.76. The third-order valence-corrected chi connectivity index (χ3v) is 7.12. The lowest BCUT2D eigenvalue weighted by atomic mass is 10.0. The standard InChI is InChI=1S/C26H24ClN5O3S/c1-3-31-25(19-7-4-5-8-22(19)34-2)28-29-26(31)36-16-24(33)32-21(23-9-6-14-35-23)15-20(30-32)17-10-12-18(27)13-11-17/h4-14,21H,3,15-16H2,1-2H3/t21-/m1/s1. The molecule has 0 bridgehead atoms. The smallest absolute Gasteiger partial charge is 0.253 e. The lowest BCUT2D eigenvalue weighted by Crippen LogP contribution is -2.28. The Morgan fingerprint density at radius 1 is 1.14 bits per heavy atom. The van der Waals surface area contributed by atoms with Crippen LogP contribution in [0.15, 0.2) is 81.6 Å². The number of hydrogen-bond donors (Lipinski definition) is 0. The molecule has 1 atom stereocenters. The molecule has 8 nitrogen and oxygen atoms in total. The number of carbonyl (C=O) groups excluding carboxylic acids is 1. The maximum Gasteiger partial charge on any atom is 0.253 e. The monoisotopic (exact) mass is 521 g/mol. The number of thioether (sulfide) groups is 1. The van der Waals surface area contributed by atoms with Crippen LogP contribution in [0.25, 0.3) is 11.4 Å². The van der Waals surface area contributed by atoms with E-state index in [1.807, 2.05) is 72.2 Å². The molecule has 4 aromatic rings. The first kappa shape index (κ1) is 24.1. The van der Waals surface area contributed by atoms with E-state index >= 15 is 0 Å². The van der Waals surface area contributed by atoms with E-state index in [2.05, 4.69) is 15.3 Å². The molecule has 0 N–H and O–H groups in total. The van der Waals surface area contributed by atoms with Gasteiger partial charge in [0.25, 0.3) is 5.91 Å². The first-order chi connectivity index (χ1) is 17.6. The van der Waals surface area contributed by atoms with Gasteiger partial charge in [0.2, 0.25) is 0 Å². The van der Waals surface area contributed by atoms with Crippen molar-refractivity contribution in [3.05, 3.63) is 83.3 Å². The second kappa shape index (κ2) is 10.6. The zero-order chi connectivity index (χ0) is 25.1. The van der Waals surface area contributed by atoms with Crippen LogP contribution >= 0.6 is 23.4 Å². The van der Waals surface area contributed by atoms with Gasteiger partial charge in [-0.15, -0.1) is 10.2 Å². The molecule has 1 aliphatic heterocycles. The van der Waals surface area contributed by atoms with Gasteiger partial charge in [0.1, 0.15) is 17.6 Å². The van der Waals surface area contributed by atoms with Gasteiger partial charge in [0.15, 0.2) is 11.0 Å². The Morgan fingerprint density at radius 3 is 2.67 bits per heavy atom. The molecule has 2 aromatic heterocycles. The van der Waals surface area contributed by atoms with Crippen molar-refractivity contribution < 1.29 is 13.9 Å². The number of para-hydroxylation sites is 1. The van der Waals surface area contributed by atoms with Gasteiger partial charge in [0.05, 0.1) is 30.4 Å². The van der Waals surface area contributed by atoms with Crippen LogP contribution in [0.1, 0.15) is 30.7 Å². The Morgan fingerprint density at radius 2 is 1.94 bits per heavy atom. The SMILES string of the molecule is CCn1c(SCC(=O)N2N=C(c3ccc(Cl)cc3)C[C@@H]2c2ccco2)nnc1-c1ccccc1OC. The predicted octanol–water partition coefficient (Wildman–Crippen LogP) is 5.69. The molecule has 0 fully saturated rings. The lowest BCUT2D eigenvalue weighted by Gasteiger charge is -2.19. The Hall–Kier alpha value is -3.56. The van der Waals surface area contributed by atoms with Crippen LogP contribution in [-0.2, 0) is 11.3 Å². The summed E-state index contributed by atoms with van der Waals surface area (Å²) in [5.74, 6) is 2.11. The minimum Gasteiger partial charge on any atom is -0.496 e. The van der Waals surface area contributed by atoms with Crippen LogP contribution in [0, 0.1) is 0 Å². The summed E-state index contributed by atoms with van der Waals surface area (Å²) in [6.45, 7) is 2.67. The molecule has 2 aromatic carbocycles. The van der Waals surface area contributed by atoms with Crippen LogP contribution in [0.3, 0.4) is 0 Å². The molecule has 0 radical (unpaired) electrons. The van der Waals surface area contributed by atoms with E-state index in [1.165, 1.54) is 16.8 Å². The highest BCUT2D eigenvalue weighted by Gasteiger charge is 2.35. The highest BCUT2D eigenvalue weighted by molar-refractivity contribution is 7.99. The molecule has 184 valence electrons. The molecule has 1 amide bonds. The van der Waals surface area contributed by atoms with Gasteiger partial charge in [-0.05, 0) is 48.9 Å². The van der Waals surface area contributed by atoms with Crippen molar-refractivity contribution >= 4 is 35.0 Å². The topological polar surface area (TPSA) is 85.8 Å². The maximum absolute atomic E-state index is 13.4. The summed E-state index contributed by atoms with van der Waals surface area (Å²) in [5.41, 5.74) is 2.58. The first-order valence-electron chi connectivity index (χ1n) is 11.5. The van der Waals surface area contributed by atoms with Crippen LogP contribution in [0.2, 0.25) is 5.02 Å². The highest BCUT2D eigenvalue weighted by atomic mass is 35.5. The number of aromatic nitrogens is 3. The zero-order valence-corrected chi connectivity index (χ0v) is 21.4. The Bertz CT molecular complexity index is 1390. The number of hydrazone groups is 1. The average molecular weight is 522 g/mol. The number of methoxy groups -OCH3 is 1. The molecule has 5 rings (SSSR count). The van der Waals surface area contributed by atoms with Crippen LogP contribution < -0.4 is 4.74 Å². The van der Waals surface area contributed by atoms with E-state index in [0.29, 0.717) is 34.7 Å². The Balaban J connectivity index is 1.37. The Kier molecular flexibility index (Phi) is 7.11. The van der Waals surface area contributed by atoms with Gasteiger partial charge in [-0.2, -0.15) is 5.10 Å². The highest BCUT2D eigenvalue weighted by Crippen LogP contribution is 2.35. The van der Waals surface area contributed by atoms with Gasteiger partial charge in [-0.3, -0.25) is 4.79 Å². The van der Waals surface area contributed by atoms with Gasteiger partial charge in [-0.25, -0.2) is 5.01 Å². The largest absolute Gasteiger partial charge is 0.496 e. The number of ether oxygens (including phenoxy) is 1. The molecule has 0 unspecified atom stereocenters. The molecule has 3 heterocycles. The number of nitrogens with zero attached hydrogens (tertiary/aromatic N) is 5. The van der Waals surface area contributed by atoms with Crippen molar-refractivity contribution in [2.75, 3.05) is 12.9 Å². The molecule has 0 saturated heterocycles. The second-order valence-corrected chi connectivity index (χ2v) is 9.45. The predicted molar refractivity (Wildman–Crippen MR) is 139 cm³/mol. The van der Waals surface area contributed by atoms with Crippen molar-refractivity contribution in [1.82, 2.24) is 19.8 Å². The summed E-state index contributed by atoms with van der Waals surface area (Å²) in [6, 6.07) is 18.5. The first-order valence-corrected chi connectivity index (χ1v) is 12.8. The summed E-state index contributed by atoms with van der Waals surface area (Å²) in [4.78, 5) is 13.4. The van der Waals surface area contributed by atoms with E-state index in [-0.39, 0.29) is 17.7 Å². The summed E-state index contributed by atoms with van der Waals surface area (Å²) in [7, 11) is 1.63. The van der Waals surface area contributed by atoms with E-state index in [4.69, 9.17) is 20.8 Å². The van der Waals surface area contributed by atoms with Crippen molar-refractivity contribution in [2.24, 2.45) is 5.10 Å². The van der Waals surface area contributed by atoms with Crippen molar-refractivity contribution in [3.8, 4) is 17.1 Å². The molecule has 0 saturated carbocycles. The molecule has 36 heavy (non-hydrogen) atoms. The fourth-order valence-electron chi connectivity index (χ4n) is 4.16. The minimum atomic E-state index is -0.313. The molecule has 0 spiro atoms. The van der Waals surface area contributed by atoms with Gasteiger partial charge >= 0.3 is 0 Å². The fourth-order valence-corrected chi connectivity index (χ4v) is 5.14. The van der Waals surface area contributed by atoms with E-state index in [9.17, 15) is 4.79 Å². The van der Waals surface area contributed by atoms with Gasteiger partial charge in [0, 0.05) is 18.0 Å². The summed E-state index contributed by atoms with van der Waals surface area (Å²) in [5, 5.41) is 16.3. The van der Waals surface area contributed by atoms with Gasteiger partial charge in [-0.1, -0.05) is 47.6 Å².